The van der Waals surface area contributed by atoms with Crippen LogP contribution < -0.4 is 5.32 Å². The minimum absolute atomic E-state index is 0.0700. The Kier molecular flexibility index (Phi) is 4.44. The molecule has 0 saturated heterocycles. The Balaban J connectivity index is 1.54. The fraction of sp³-hybridized carbons (Fsp3) is 0.176. The van der Waals surface area contributed by atoms with Gasteiger partial charge in [-0.05, 0) is 25.1 Å². The number of aromatic nitrogens is 2. The molecule has 4 nitrogen and oxygen atoms in total. The summed E-state index contributed by atoms with van der Waals surface area (Å²) in [5.74, 6) is 0.771. The number of nitrogens with zero attached hydrogens (tertiary/aromatic N) is 1. The van der Waals surface area contributed by atoms with Gasteiger partial charge in [-0.1, -0.05) is 29.8 Å². The highest BCUT2D eigenvalue weighted by Gasteiger charge is 2.10. The highest BCUT2D eigenvalue weighted by Crippen LogP contribution is 2.18. The average molecular weight is 311 g/mol. The van der Waals surface area contributed by atoms with Crippen LogP contribution in [0.4, 0.5) is 0 Å². The maximum atomic E-state index is 12.2. The summed E-state index contributed by atoms with van der Waals surface area (Å²) in [4.78, 5) is 13.5. The molecular weight excluding hydrogens is 294 g/mol. The number of nitrogens with one attached hydrogen (secondary N) is 2. The normalized spacial score (nSPS) is 10.8. The Morgan fingerprint density at radius 3 is 2.86 bits per heavy atom. The summed E-state index contributed by atoms with van der Waals surface area (Å²) in [7, 11) is 0. The molecule has 1 amide bonds. The molecule has 1 aromatic heterocycles. The number of carbonyl (C=O) groups excluding carboxylic acids is 1. The van der Waals surface area contributed by atoms with Crippen LogP contribution in [-0.4, -0.2) is 28.4 Å². The molecule has 1 heterocycles. The van der Waals surface area contributed by atoms with Crippen molar-refractivity contribution < 1.29 is 4.79 Å². The summed E-state index contributed by atoms with van der Waals surface area (Å²) >= 11 is 1.74. The van der Waals surface area contributed by atoms with E-state index in [1.807, 2.05) is 18.2 Å². The third-order valence-corrected chi connectivity index (χ3v) is 4.41. The fourth-order valence-electron chi connectivity index (χ4n) is 2.22. The lowest BCUT2D eigenvalue weighted by Gasteiger charge is -2.06. The molecule has 0 bridgehead atoms. The Morgan fingerprint density at radius 1 is 1.23 bits per heavy atom. The van der Waals surface area contributed by atoms with Gasteiger partial charge in [-0.2, -0.15) is 5.10 Å². The molecule has 0 fully saturated rings. The highest BCUT2D eigenvalue weighted by molar-refractivity contribution is 7.99. The van der Waals surface area contributed by atoms with Crippen molar-refractivity contribution in [3.8, 4) is 0 Å². The molecule has 3 aromatic rings. The van der Waals surface area contributed by atoms with Gasteiger partial charge < -0.3 is 5.32 Å². The predicted octanol–water partition coefficient (Wildman–Crippen LogP) is 3.39. The van der Waals surface area contributed by atoms with Crippen molar-refractivity contribution in [2.45, 2.75) is 11.8 Å². The predicted molar refractivity (Wildman–Crippen MR) is 90.3 cm³/mol. The van der Waals surface area contributed by atoms with Crippen LogP contribution in [0.15, 0.2) is 53.6 Å². The number of hydrogen-bond donors (Lipinski definition) is 2. The van der Waals surface area contributed by atoms with Crippen LogP contribution in [0.1, 0.15) is 15.9 Å². The quantitative estimate of drug-likeness (QED) is 0.561. The number of H-pyrrole nitrogens is 1. The molecule has 2 N–H and O–H groups in total. The molecule has 0 spiro atoms. The number of thioether (sulfide) groups is 1. The van der Waals surface area contributed by atoms with Gasteiger partial charge in [0.2, 0.25) is 0 Å². The minimum Gasteiger partial charge on any atom is -0.351 e. The summed E-state index contributed by atoms with van der Waals surface area (Å²) in [6, 6.07) is 14.0. The Hall–Kier alpha value is -2.27. The topological polar surface area (TPSA) is 57.8 Å². The van der Waals surface area contributed by atoms with E-state index in [2.05, 4.69) is 46.7 Å². The third-order valence-electron chi connectivity index (χ3n) is 3.40. The molecule has 22 heavy (non-hydrogen) atoms. The lowest BCUT2D eigenvalue weighted by molar-refractivity contribution is 0.0957. The second-order valence-electron chi connectivity index (χ2n) is 5.06. The van der Waals surface area contributed by atoms with E-state index in [1.54, 1.807) is 18.0 Å². The van der Waals surface area contributed by atoms with Crippen molar-refractivity contribution in [1.29, 1.82) is 0 Å². The minimum atomic E-state index is -0.0700. The monoisotopic (exact) mass is 311 g/mol. The maximum Gasteiger partial charge on any atom is 0.253 e. The molecule has 112 valence electrons. The maximum absolute atomic E-state index is 12.2. The van der Waals surface area contributed by atoms with E-state index in [0.29, 0.717) is 12.1 Å². The van der Waals surface area contributed by atoms with Crippen molar-refractivity contribution in [3.63, 3.8) is 0 Å². The number of benzene rings is 2. The number of hydrogen-bond acceptors (Lipinski definition) is 3. The van der Waals surface area contributed by atoms with E-state index in [-0.39, 0.29) is 5.91 Å². The first-order valence-electron chi connectivity index (χ1n) is 7.14. The first-order chi connectivity index (χ1) is 10.7. The van der Waals surface area contributed by atoms with Gasteiger partial charge in [0.1, 0.15) is 0 Å². The number of carbonyl (C=O) groups is 1. The van der Waals surface area contributed by atoms with Crippen molar-refractivity contribution in [2.75, 3.05) is 12.3 Å². The number of amides is 1. The zero-order valence-electron chi connectivity index (χ0n) is 12.3. The Morgan fingerprint density at radius 2 is 2.05 bits per heavy atom. The lowest BCUT2D eigenvalue weighted by atomic mass is 10.1. The van der Waals surface area contributed by atoms with Crippen LogP contribution in [0.25, 0.3) is 10.9 Å². The fourth-order valence-corrected chi connectivity index (χ4v) is 2.99. The highest BCUT2D eigenvalue weighted by atomic mass is 32.2. The molecule has 0 aliphatic carbocycles. The second-order valence-corrected chi connectivity index (χ2v) is 6.23. The van der Waals surface area contributed by atoms with Crippen LogP contribution in [0.5, 0.6) is 0 Å². The number of para-hydroxylation sites is 1. The SMILES string of the molecule is Cc1ccc(SCCNC(=O)c2cccc3cn[nH]c23)cc1. The molecule has 0 aliphatic rings. The van der Waals surface area contributed by atoms with Gasteiger partial charge in [-0.3, -0.25) is 9.89 Å². The van der Waals surface area contributed by atoms with Gasteiger partial charge in [0.05, 0.1) is 17.3 Å². The lowest BCUT2D eigenvalue weighted by Crippen LogP contribution is -2.25. The molecular formula is C17H17N3OS. The van der Waals surface area contributed by atoms with E-state index in [9.17, 15) is 4.79 Å². The molecule has 5 heteroatoms. The molecule has 2 aromatic carbocycles. The van der Waals surface area contributed by atoms with Gasteiger partial charge >= 0.3 is 0 Å². The Bertz CT molecular complexity index is 780. The summed E-state index contributed by atoms with van der Waals surface area (Å²) < 4.78 is 0. The van der Waals surface area contributed by atoms with Crippen LogP contribution >= 0.6 is 11.8 Å². The Labute approximate surface area is 133 Å². The van der Waals surface area contributed by atoms with Gasteiger partial charge in [-0.25, -0.2) is 0 Å². The van der Waals surface area contributed by atoms with E-state index in [0.717, 1.165) is 16.7 Å². The largest absolute Gasteiger partial charge is 0.351 e. The van der Waals surface area contributed by atoms with Crippen LogP contribution in [-0.2, 0) is 0 Å². The van der Waals surface area contributed by atoms with Crippen molar-refractivity contribution >= 4 is 28.6 Å². The van der Waals surface area contributed by atoms with Crippen LogP contribution in [0, 0.1) is 6.92 Å². The summed E-state index contributed by atoms with van der Waals surface area (Å²) in [6.45, 7) is 2.70. The van der Waals surface area contributed by atoms with Crippen molar-refractivity contribution in [2.24, 2.45) is 0 Å². The third kappa shape index (κ3) is 3.31. The van der Waals surface area contributed by atoms with E-state index >= 15 is 0 Å². The van der Waals surface area contributed by atoms with Gasteiger partial charge in [0.25, 0.3) is 5.91 Å². The molecule has 0 saturated carbocycles. The standard InChI is InChI=1S/C17H17N3OS/c1-12-5-7-14(8-6-12)22-10-9-18-17(21)15-4-2-3-13-11-19-20-16(13)15/h2-8,11H,9-10H2,1H3,(H,18,21)(H,19,20). The van der Waals surface area contributed by atoms with Crippen LogP contribution in [0.3, 0.4) is 0 Å². The summed E-state index contributed by atoms with van der Waals surface area (Å²) in [6.07, 6.45) is 1.72. The zero-order valence-corrected chi connectivity index (χ0v) is 13.1. The molecule has 0 unspecified atom stereocenters. The average Bonchev–Trinajstić information content (AvgIpc) is 3.01. The number of aromatic amines is 1. The van der Waals surface area contributed by atoms with E-state index < -0.39 is 0 Å². The smallest absolute Gasteiger partial charge is 0.253 e. The van der Waals surface area contributed by atoms with E-state index in [4.69, 9.17) is 0 Å². The molecule has 0 radical (unpaired) electrons. The zero-order chi connectivity index (χ0) is 15.4. The van der Waals surface area contributed by atoms with Gasteiger partial charge in [0, 0.05) is 22.6 Å². The van der Waals surface area contributed by atoms with Crippen LogP contribution in [0.2, 0.25) is 0 Å². The van der Waals surface area contributed by atoms with Crippen molar-refractivity contribution in [1.82, 2.24) is 15.5 Å². The molecule has 0 aliphatic heterocycles. The first kappa shape index (κ1) is 14.7. The second kappa shape index (κ2) is 6.66. The van der Waals surface area contributed by atoms with Gasteiger partial charge in [0.15, 0.2) is 0 Å². The summed E-state index contributed by atoms with van der Waals surface area (Å²) in [5, 5.41) is 10.8. The number of fused-ring (bicyclic) bond motifs is 1. The van der Waals surface area contributed by atoms with E-state index in [1.165, 1.54) is 10.5 Å². The molecule has 3 rings (SSSR count). The molecule has 0 atom stereocenters. The summed E-state index contributed by atoms with van der Waals surface area (Å²) in [5.41, 5.74) is 2.67. The van der Waals surface area contributed by atoms with Crippen molar-refractivity contribution in [3.05, 3.63) is 59.8 Å². The van der Waals surface area contributed by atoms with Gasteiger partial charge in [-0.15, -0.1) is 11.8 Å². The first-order valence-corrected chi connectivity index (χ1v) is 8.12. The number of rotatable bonds is 5. The number of aryl methyl sites for hydroxylation is 1.